The van der Waals surface area contributed by atoms with Crippen molar-refractivity contribution in [3.8, 4) is 11.8 Å². The molecule has 0 aliphatic carbocycles. The van der Waals surface area contributed by atoms with Gasteiger partial charge in [0.05, 0.1) is 28.2 Å². The van der Waals surface area contributed by atoms with Crippen LogP contribution >= 0.6 is 0 Å². The molecule has 0 rings (SSSR count). The maximum absolute atomic E-state index is 3.11. The highest BCUT2D eigenvalue weighted by Crippen LogP contribution is 1.44. The van der Waals surface area contributed by atoms with Crippen LogP contribution in [0.4, 0.5) is 0 Å². The van der Waals surface area contributed by atoms with Crippen LogP contribution in [-0.4, -0.2) is 41.3 Å². The molecule has 0 atom stereocenters. The molecule has 0 heterocycles. The molecule has 2 heteroatoms. The molecule has 10 heavy (non-hydrogen) atoms. The normalized spacial score (nSPS) is 9.80. The average Bonchev–Trinajstić information content (AvgIpc) is 1.79. The van der Waals surface area contributed by atoms with Gasteiger partial charge in [-0.1, -0.05) is 0 Å². The van der Waals surface area contributed by atoms with E-state index in [2.05, 4.69) is 40.0 Å². The molecule has 0 spiro atoms. The van der Waals surface area contributed by atoms with E-state index in [0.717, 1.165) is 13.1 Å². The Morgan fingerprint density at radius 3 is 1.30 bits per heavy atom. The van der Waals surface area contributed by atoms with Crippen molar-refractivity contribution in [2.45, 2.75) is 0 Å². The average molecular weight is 142 g/mol. The van der Waals surface area contributed by atoms with Crippen LogP contribution in [0.5, 0.6) is 0 Å². The highest BCUT2D eigenvalue weighted by atomic mass is 15.1. The molecule has 0 bridgehead atoms. The predicted molar refractivity (Wildman–Crippen MR) is 43.1 cm³/mol. The molecule has 0 aromatic carbocycles. The van der Waals surface area contributed by atoms with Gasteiger partial charge >= 0.3 is 0 Å². The topological polar surface area (TPSA) is 8.88 Å². The van der Waals surface area contributed by atoms with E-state index in [0.29, 0.717) is 0 Å². The molecule has 0 saturated heterocycles. The van der Waals surface area contributed by atoms with Gasteiger partial charge in [0.1, 0.15) is 13.1 Å². The Balaban J connectivity index is 3.32. The molecule has 0 fully saturated rings. The van der Waals surface area contributed by atoms with Gasteiger partial charge in [0, 0.05) is 0 Å². The van der Waals surface area contributed by atoms with Crippen LogP contribution < -0.4 is 9.80 Å². The second-order valence-electron chi connectivity index (χ2n) is 3.12. The van der Waals surface area contributed by atoms with Gasteiger partial charge < -0.3 is 9.80 Å². The van der Waals surface area contributed by atoms with Crippen molar-refractivity contribution in [1.82, 2.24) is 0 Å². The number of quaternary nitrogens is 2. The summed E-state index contributed by atoms with van der Waals surface area (Å²) in [5.74, 6) is 6.22. The number of hydrogen-bond acceptors (Lipinski definition) is 0. The fourth-order valence-electron chi connectivity index (χ4n) is 0.479. The zero-order chi connectivity index (χ0) is 7.98. The van der Waals surface area contributed by atoms with Crippen molar-refractivity contribution in [2.24, 2.45) is 0 Å². The summed E-state index contributed by atoms with van der Waals surface area (Å²) in [7, 11) is 8.43. The second-order valence-corrected chi connectivity index (χ2v) is 3.12. The Labute approximate surface area is 63.8 Å². The first kappa shape index (κ1) is 9.48. The summed E-state index contributed by atoms with van der Waals surface area (Å²) < 4.78 is 0. The molecule has 2 nitrogen and oxygen atoms in total. The molecular formula is C8H18N2+2. The molecule has 0 aliphatic rings. The van der Waals surface area contributed by atoms with E-state index in [-0.39, 0.29) is 0 Å². The zero-order valence-electron chi connectivity index (χ0n) is 7.41. The first-order valence-electron chi connectivity index (χ1n) is 3.66. The fraction of sp³-hybridized carbons (Fsp3) is 0.750. The molecule has 0 aromatic heterocycles. The van der Waals surface area contributed by atoms with Gasteiger partial charge in [0.25, 0.3) is 0 Å². The summed E-state index contributed by atoms with van der Waals surface area (Å²) in [6.07, 6.45) is 0. The molecule has 0 radical (unpaired) electrons. The molecule has 2 N–H and O–H groups in total. The van der Waals surface area contributed by atoms with E-state index in [4.69, 9.17) is 0 Å². The van der Waals surface area contributed by atoms with Gasteiger partial charge in [-0.3, -0.25) is 0 Å². The molecule has 0 aliphatic heterocycles. The van der Waals surface area contributed by atoms with Crippen molar-refractivity contribution in [1.29, 1.82) is 0 Å². The standard InChI is InChI=1S/C8H16N2/c1-9(2)7-5-6-8-10(3)4/h7-8H2,1-4H3/p+2. The van der Waals surface area contributed by atoms with Crippen molar-refractivity contribution < 1.29 is 9.80 Å². The van der Waals surface area contributed by atoms with Crippen LogP contribution in [0.1, 0.15) is 0 Å². The van der Waals surface area contributed by atoms with E-state index in [1.165, 1.54) is 9.80 Å². The monoisotopic (exact) mass is 142 g/mol. The Hall–Kier alpha value is -0.520. The first-order chi connectivity index (χ1) is 4.63. The van der Waals surface area contributed by atoms with Gasteiger partial charge in [-0.15, -0.1) is 0 Å². The van der Waals surface area contributed by atoms with E-state index < -0.39 is 0 Å². The molecule has 0 amide bonds. The third kappa shape index (κ3) is 7.48. The van der Waals surface area contributed by atoms with Crippen LogP contribution in [0.25, 0.3) is 0 Å². The maximum Gasteiger partial charge on any atom is 0.139 e. The SMILES string of the molecule is C[NH+](C)CC#CC[NH+](C)C. The summed E-state index contributed by atoms with van der Waals surface area (Å²) in [6.45, 7) is 1.90. The van der Waals surface area contributed by atoms with Gasteiger partial charge in [-0.05, 0) is 11.8 Å². The zero-order valence-corrected chi connectivity index (χ0v) is 7.41. The lowest BCUT2D eigenvalue weighted by atomic mass is 10.5. The Bertz CT molecular complexity index is 114. The molecule has 58 valence electrons. The van der Waals surface area contributed by atoms with Crippen LogP contribution in [0.15, 0.2) is 0 Å². The van der Waals surface area contributed by atoms with Crippen molar-refractivity contribution in [3.05, 3.63) is 0 Å². The summed E-state index contributed by atoms with van der Waals surface area (Å²) in [6, 6.07) is 0. The second kappa shape index (κ2) is 5.28. The summed E-state index contributed by atoms with van der Waals surface area (Å²) >= 11 is 0. The van der Waals surface area contributed by atoms with E-state index in [1.807, 2.05) is 0 Å². The summed E-state index contributed by atoms with van der Waals surface area (Å²) in [4.78, 5) is 2.78. The van der Waals surface area contributed by atoms with Crippen LogP contribution in [0.2, 0.25) is 0 Å². The van der Waals surface area contributed by atoms with Crippen LogP contribution in [0, 0.1) is 11.8 Å². The Kier molecular flexibility index (Phi) is 5.00. The van der Waals surface area contributed by atoms with Crippen LogP contribution in [-0.2, 0) is 0 Å². The highest BCUT2D eigenvalue weighted by molar-refractivity contribution is 4.97. The molecule has 0 unspecified atom stereocenters. The van der Waals surface area contributed by atoms with E-state index >= 15 is 0 Å². The van der Waals surface area contributed by atoms with Crippen molar-refractivity contribution >= 4 is 0 Å². The quantitative estimate of drug-likeness (QED) is 0.388. The number of rotatable bonds is 2. The van der Waals surface area contributed by atoms with Gasteiger partial charge in [-0.2, -0.15) is 0 Å². The van der Waals surface area contributed by atoms with Gasteiger partial charge in [-0.25, -0.2) is 0 Å². The lowest BCUT2D eigenvalue weighted by Gasteiger charge is -2.00. The fourth-order valence-corrected chi connectivity index (χ4v) is 0.479. The number of hydrogen-bond donors (Lipinski definition) is 2. The van der Waals surface area contributed by atoms with Crippen LogP contribution in [0.3, 0.4) is 0 Å². The Morgan fingerprint density at radius 2 is 1.10 bits per heavy atom. The minimum atomic E-state index is 0.952. The largest absolute Gasteiger partial charge is 0.330 e. The van der Waals surface area contributed by atoms with Crippen molar-refractivity contribution in [3.63, 3.8) is 0 Å². The minimum Gasteiger partial charge on any atom is -0.330 e. The molecule has 0 aromatic rings. The van der Waals surface area contributed by atoms with Crippen molar-refractivity contribution in [2.75, 3.05) is 41.3 Å². The van der Waals surface area contributed by atoms with E-state index in [9.17, 15) is 0 Å². The first-order valence-corrected chi connectivity index (χ1v) is 3.66. The highest BCUT2D eigenvalue weighted by Gasteiger charge is 1.86. The summed E-state index contributed by atoms with van der Waals surface area (Å²) in [5.41, 5.74) is 0. The Morgan fingerprint density at radius 1 is 0.800 bits per heavy atom. The molecule has 0 saturated carbocycles. The third-order valence-electron chi connectivity index (χ3n) is 1.01. The predicted octanol–water partition coefficient (Wildman–Crippen LogP) is -2.72. The summed E-state index contributed by atoms with van der Waals surface area (Å²) in [5, 5.41) is 0. The maximum atomic E-state index is 3.11. The van der Waals surface area contributed by atoms with E-state index in [1.54, 1.807) is 0 Å². The smallest absolute Gasteiger partial charge is 0.139 e. The lowest BCUT2D eigenvalue weighted by Crippen LogP contribution is -3.06. The minimum absolute atomic E-state index is 0.952. The van der Waals surface area contributed by atoms with Gasteiger partial charge in [0.15, 0.2) is 0 Å². The third-order valence-corrected chi connectivity index (χ3v) is 1.01. The lowest BCUT2D eigenvalue weighted by molar-refractivity contribution is -0.852. The van der Waals surface area contributed by atoms with Gasteiger partial charge in [0.2, 0.25) is 0 Å². The number of nitrogens with one attached hydrogen (secondary N) is 2. The molecular weight excluding hydrogens is 124 g/mol.